The summed E-state index contributed by atoms with van der Waals surface area (Å²) in [6.07, 6.45) is 0. The van der Waals surface area contributed by atoms with Gasteiger partial charge in [-0.05, 0) is 117 Å². The highest BCUT2D eigenvalue weighted by atomic mass is 16.3. The summed E-state index contributed by atoms with van der Waals surface area (Å²) in [7, 11) is 0. The van der Waals surface area contributed by atoms with Crippen molar-refractivity contribution >= 4 is 75.6 Å². The molecule has 282 valence electrons. The topological polar surface area (TPSA) is 38.9 Å². The lowest BCUT2D eigenvalue weighted by Gasteiger charge is -2.17. The predicted octanol–water partition coefficient (Wildman–Crippen LogP) is 15.9. The Labute approximate surface area is 351 Å². The van der Waals surface area contributed by atoms with Crippen LogP contribution < -0.4 is 0 Å². The molecule has 2 aromatic heterocycles. The van der Waals surface area contributed by atoms with Crippen molar-refractivity contribution in [1.29, 1.82) is 0 Å². The van der Waals surface area contributed by atoms with Gasteiger partial charge in [0.1, 0.15) is 11.3 Å². The SMILES string of the molecule is c1ccc(-c2nc(-c3ccc(-c4ccc(-c5cc6ccc7cccc8c9cccc%10ccc%11cccc(c(c5)c6c78)c%11c%109)cc4)cc3)cc(-c3cc4ccccc4o3)n2)cc1. The second kappa shape index (κ2) is 13.2. The number of benzene rings is 10. The van der Waals surface area contributed by atoms with Crippen molar-refractivity contribution in [3.05, 3.63) is 206 Å². The van der Waals surface area contributed by atoms with Crippen LogP contribution in [-0.2, 0) is 0 Å². The summed E-state index contributed by atoms with van der Waals surface area (Å²) in [5.41, 5.74) is 9.09. The number of aromatic nitrogens is 2. The zero-order valence-electron chi connectivity index (χ0n) is 32.9. The van der Waals surface area contributed by atoms with Gasteiger partial charge in [-0.25, -0.2) is 9.97 Å². The molecule has 0 aliphatic carbocycles. The average molecular weight is 775 g/mol. The third-order valence-electron chi connectivity index (χ3n) is 12.6. The van der Waals surface area contributed by atoms with E-state index in [4.69, 9.17) is 14.4 Å². The Morgan fingerprint density at radius 2 is 0.770 bits per heavy atom. The summed E-state index contributed by atoms with van der Waals surface area (Å²) in [6, 6.07) is 74.2. The van der Waals surface area contributed by atoms with Crippen LogP contribution in [0.1, 0.15) is 0 Å². The lowest BCUT2D eigenvalue weighted by atomic mass is 9.86. The fraction of sp³-hybridized carbons (Fsp3) is 0. The molecule has 0 aliphatic heterocycles. The van der Waals surface area contributed by atoms with E-state index in [9.17, 15) is 0 Å². The van der Waals surface area contributed by atoms with Gasteiger partial charge < -0.3 is 4.42 Å². The Kier molecular flexibility index (Phi) is 7.31. The van der Waals surface area contributed by atoms with Gasteiger partial charge >= 0.3 is 0 Å². The summed E-state index contributed by atoms with van der Waals surface area (Å²) < 4.78 is 6.27. The van der Waals surface area contributed by atoms with Gasteiger partial charge in [0, 0.05) is 16.5 Å². The molecule has 0 amide bonds. The highest BCUT2D eigenvalue weighted by Gasteiger charge is 2.17. The Balaban J connectivity index is 0.910. The number of fused-ring (bicyclic) bond motifs is 3. The van der Waals surface area contributed by atoms with Gasteiger partial charge in [-0.15, -0.1) is 0 Å². The van der Waals surface area contributed by atoms with Crippen molar-refractivity contribution in [2.24, 2.45) is 0 Å². The molecule has 13 rings (SSSR count). The smallest absolute Gasteiger partial charge is 0.160 e. The number of hydrogen-bond acceptors (Lipinski definition) is 3. The minimum Gasteiger partial charge on any atom is -0.454 e. The van der Waals surface area contributed by atoms with E-state index in [1.807, 2.05) is 54.6 Å². The molecule has 11 aromatic carbocycles. The van der Waals surface area contributed by atoms with E-state index < -0.39 is 0 Å². The minimum absolute atomic E-state index is 0.661. The maximum absolute atomic E-state index is 6.27. The highest BCUT2D eigenvalue weighted by molar-refractivity contribution is 6.37. The normalized spacial score (nSPS) is 11.9. The monoisotopic (exact) mass is 774 g/mol. The van der Waals surface area contributed by atoms with Crippen LogP contribution in [0.3, 0.4) is 0 Å². The first-order valence-corrected chi connectivity index (χ1v) is 20.8. The van der Waals surface area contributed by atoms with Crippen LogP contribution in [0.25, 0.3) is 132 Å². The second-order valence-electron chi connectivity index (χ2n) is 16.1. The molecule has 0 radical (unpaired) electrons. The largest absolute Gasteiger partial charge is 0.454 e. The number of rotatable bonds is 5. The molecule has 0 atom stereocenters. The Hall–Kier alpha value is -8.14. The molecular weight excluding hydrogens is 741 g/mol. The zero-order valence-corrected chi connectivity index (χ0v) is 32.9. The first-order chi connectivity index (χ1) is 30.2. The lowest BCUT2D eigenvalue weighted by Crippen LogP contribution is -1.95. The molecule has 0 aliphatic rings. The molecule has 2 heterocycles. The van der Waals surface area contributed by atoms with E-state index in [1.165, 1.54) is 75.8 Å². The first kappa shape index (κ1) is 33.8. The van der Waals surface area contributed by atoms with E-state index in [0.717, 1.165) is 50.4 Å². The minimum atomic E-state index is 0.661. The summed E-state index contributed by atoms with van der Waals surface area (Å²) in [4.78, 5) is 10.0. The van der Waals surface area contributed by atoms with Gasteiger partial charge in [0.05, 0.1) is 5.69 Å². The van der Waals surface area contributed by atoms with Crippen LogP contribution in [0.15, 0.2) is 211 Å². The third-order valence-corrected chi connectivity index (χ3v) is 12.6. The molecule has 0 unspecified atom stereocenters. The van der Waals surface area contributed by atoms with Crippen molar-refractivity contribution in [2.75, 3.05) is 0 Å². The van der Waals surface area contributed by atoms with Crippen molar-refractivity contribution in [1.82, 2.24) is 9.97 Å². The maximum Gasteiger partial charge on any atom is 0.160 e. The first-order valence-electron chi connectivity index (χ1n) is 20.8. The van der Waals surface area contributed by atoms with Gasteiger partial charge in [0.2, 0.25) is 0 Å². The van der Waals surface area contributed by atoms with E-state index >= 15 is 0 Å². The van der Waals surface area contributed by atoms with Crippen LogP contribution in [0.2, 0.25) is 0 Å². The zero-order chi connectivity index (χ0) is 40.0. The molecule has 0 spiro atoms. The van der Waals surface area contributed by atoms with Crippen LogP contribution in [0, 0.1) is 0 Å². The van der Waals surface area contributed by atoms with Gasteiger partial charge in [-0.3, -0.25) is 0 Å². The molecule has 0 N–H and O–H groups in total. The quantitative estimate of drug-likeness (QED) is 0.164. The van der Waals surface area contributed by atoms with E-state index in [1.54, 1.807) is 0 Å². The summed E-state index contributed by atoms with van der Waals surface area (Å²) in [5.74, 6) is 1.38. The van der Waals surface area contributed by atoms with Crippen molar-refractivity contribution < 1.29 is 4.42 Å². The van der Waals surface area contributed by atoms with Gasteiger partial charge in [-0.2, -0.15) is 0 Å². The van der Waals surface area contributed by atoms with E-state index in [0.29, 0.717) is 5.82 Å². The molecule has 61 heavy (non-hydrogen) atoms. The Morgan fingerprint density at radius 1 is 0.279 bits per heavy atom. The van der Waals surface area contributed by atoms with Crippen LogP contribution in [-0.4, -0.2) is 9.97 Å². The molecule has 0 saturated heterocycles. The highest BCUT2D eigenvalue weighted by Crippen LogP contribution is 2.44. The lowest BCUT2D eigenvalue weighted by molar-refractivity contribution is 0.628. The van der Waals surface area contributed by atoms with Crippen molar-refractivity contribution in [3.63, 3.8) is 0 Å². The maximum atomic E-state index is 6.27. The van der Waals surface area contributed by atoms with Crippen molar-refractivity contribution in [2.45, 2.75) is 0 Å². The van der Waals surface area contributed by atoms with Crippen LogP contribution in [0.5, 0.6) is 0 Å². The molecule has 0 fully saturated rings. The third kappa shape index (κ3) is 5.38. The Bertz CT molecular complexity index is 3810. The van der Waals surface area contributed by atoms with Gasteiger partial charge in [0.15, 0.2) is 11.6 Å². The molecule has 3 nitrogen and oxygen atoms in total. The fourth-order valence-electron chi connectivity index (χ4n) is 9.69. The van der Waals surface area contributed by atoms with E-state index in [2.05, 4.69) is 152 Å². The summed E-state index contributed by atoms with van der Waals surface area (Å²) >= 11 is 0. The standard InChI is InChI=1S/C58H34N2O/c1-2-9-42(10-3-1)58-59-50(34-51(60-58)53-33-43-11-4-5-18-52(43)61-53)38-25-23-36(24-26-38)35-19-21-37(22-20-35)45-31-44-30-29-41-13-7-16-47-46-15-6-12-39-27-28-40-14-8-17-48(56(40)54(39)46)49(32-45)57(44)55(41)47/h1-34H. The summed E-state index contributed by atoms with van der Waals surface area (Å²) in [6.45, 7) is 0. The fourth-order valence-corrected chi connectivity index (χ4v) is 9.69. The number of furan rings is 1. The second-order valence-corrected chi connectivity index (χ2v) is 16.1. The van der Waals surface area contributed by atoms with Crippen LogP contribution >= 0.6 is 0 Å². The predicted molar refractivity (Wildman–Crippen MR) is 255 cm³/mol. The Morgan fingerprint density at radius 3 is 1.39 bits per heavy atom. The average Bonchev–Trinajstić information content (AvgIpc) is 3.78. The number of hydrogen-bond donors (Lipinski definition) is 0. The number of nitrogens with zero attached hydrogens (tertiary/aromatic N) is 2. The molecule has 3 heteroatoms. The van der Waals surface area contributed by atoms with Crippen LogP contribution in [0.4, 0.5) is 0 Å². The molecule has 0 saturated carbocycles. The van der Waals surface area contributed by atoms with Crippen molar-refractivity contribution in [3.8, 4) is 56.4 Å². The van der Waals surface area contributed by atoms with Gasteiger partial charge in [0.25, 0.3) is 0 Å². The molecule has 0 bridgehead atoms. The summed E-state index contributed by atoms with van der Waals surface area (Å²) in [5, 5.41) is 16.5. The van der Waals surface area contributed by atoms with E-state index in [-0.39, 0.29) is 0 Å². The number of para-hydroxylation sites is 1. The molecule has 13 aromatic rings. The molecular formula is C58H34N2O. The van der Waals surface area contributed by atoms with Gasteiger partial charge in [-0.1, -0.05) is 176 Å².